The minimum Gasteiger partial charge on any atom is -0.390 e. The van der Waals surface area contributed by atoms with E-state index >= 15 is 0 Å². The lowest BCUT2D eigenvalue weighted by molar-refractivity contribution is -0.165. The van der Waals surface area contributed by atoms with Crippen LogP contribution in [-0.2, 0) is 9.59 Å². The third-order valence-electron chi connectivity index (χ3n) is 11.2. The van der Waals surface area contributed by atoms with Crippen LogP contribution in [0.5, 0.6) is 0 Å². The molecular weight excluding hydrogens is 440 g/mol. The number of aliphatic hydroxyl groups excluding tert-OH is 2. The van der Waals surface area contributed by atoms with Gasteiger partial charge < -0.3 is 15.3 Å². The van der Waals surface area contributed by atoms with Gasteiger partial charge >= 0.3 is 0 Å². The van der Waals surface area contributed by atoms with Crippen LogP contribution < -0.4 is 0 Å². The van der Waals surface area contributed by atoms with Crippen LogP contribution in [0.1, 0.15) is 93.9 Å². The SMILES string of the molecule is C[C@H](C[C@H](O)[C@H](O)C(C)(C)O)C1=C2C=C[C@H]3[C@@]4(C)CCC(=O)C(C)(C)[C@@H]4CC[C@]3(C)[C@@]2(C)CC1=O. The van der Waals surface area contributed by atoms with Gasteiger partial charge in [-0.2, -0.15) is 0 Å². The summed E-state index contributed by atoms with van der Waals surface area (Å²) in [6, 6.07) is 0. The number of carbonyl (C=O) groups is 2. The van der Waals surface area contributed by atoms with Crippen molar-refractivity contribution in [2.45, 2.75) is 112 Å². The lowest BCUT2D eigenvalue weighted by atomic mass is 9.37. The van der Waals surface area contributed by atoms with Gasteiger partial charge in [-0.3, -0.25) is 9.59 Å². The molecule has 0 bridgehead atoms. The zero-order valence-corrected chi connectivity index (χ0v) is 22.9. The number of allylic oxidation sites excluding steroid dienone is 4. The molecule has 0 heterocycles. The molecule has 0 unspecified atom stereocenters. The van der Waals surface area contributed by atoms with Gasteiger partial charge in [-0.05, 0) is 73.7 Å². The largest absolute Gasteiger partial charge is 0.390 e. The molecule has 0 aromatic rings. The number of Topliss-reactive ketones (excluding diaryl/α,β-unsaturated/α-hetero) is 2. The topological polar surface area (TPSA) is 94.8 Å². The fraction of sp³-hybridized carbons (Fsp3) is 0.800. The Morgan fingerprint density at radius 1 is 1.09 bits per heavy atom. The summed E-state index contributed by atoms with van der Waals surface area (Å²) in [6.07, 6.45) is 6.30. The molecule has 0 saturated heterocycles. The van der Waals surface area contributed by atoms with E-state index in [4.69, 9.17) is 0 Å². The number of fused-ring (bicyclic) bond motifs is 5. The maximum atomic E-state index is 13.5. The van der Waals surface area contributed by atoms with Crippen LogP contribution in [-0.4, -0.2) is 44.7 Å². The van der Waals surface area contributed by atoms with Gasteiger partial charge in [-0.25, -0.2) is 0 Å². The Bertz CT molecular complexity index is 983. The van der Waals surface area contributed by atoms with Crippen LogP contribution in [0.3, 0.4) is 0 Å². The van der Waals surface area contributed by atoms with E-state index in [9.17, 15) is 24.9 Å². The molecule has 2 saturated carbocycles. The summed E-state index contributed by atoms with van der Waals surface area (Å²) in [5.41, 5.74) is -0.251. The maximum absolute atomic E-state index is 13.5. The van der Waals surface area contributed by atoms with E-state index in [1.165, 1.54) is 13.8 Å². The Kier molecular flexibility index (Phi) is 6.19. The summed E-state index contributed by atoms with van der Waals surface area (Å²) >= 11 is 0. The average molecular weight is 487 g/mol. The van der Waals surface area contributed by atoms with Gasteiger partial charge in [-0.1, -0.05) is 53.7 Å². The lowest BCUT2D eigenvalue weighted by Crippen LogP contribution is -2.61. The highest BCUT2D eigenvalue weighted by atomic mass is 16.4. The van der Waals surface area contributed by atoms with E-state index in [0.29, 0.717) is 30.5 Å². The molecule has 4 aliphatic rings. The summed E-state index contributed by atoms with van der Waals surface area (Å²) < 4.78 is 0. The highest BCUT2D eigenvalue weighted by molar-refractivity contribution is 6.01. The minimum absolute atomic E-state index is 0.0138. The first-order valence-electron chi connectivity index (χ1n) is 13.5. The van der Waals surface area contributed by atoms with Crippen molar-refractivity contribution < 1.29 is 24.9 Å². The van der Waals surface area contributed by atoms with Crippen molar-refractivity contribution >= 4 is 11.6 Å². The smallest absolute Gasteiger partial charge is 0.160 e. The van der Waals surface area contributed by atoms with E-state index in [-0.39, 0.29) is 39.8 Å². The first-order chi connectivity index (χ1) is 15.9. The van der Waals surface area contributed by atoms with Gasteiger partial charge in [0.05, 0.1) is 11.7 Å². The van der Waals surface area contributed by atoms with Crippen molar-refractivity contribution in [3.05, 3.63) is 23.3 Å². The van der Waals surface area contributed by atoms with Gasteiger partial charge in [0.1, 0.15) is 11.9 Å². The number of ketones is 2. The number of hydrogen-bond donors (Lipinski definition) is 3. The predicted octanol–water partition coefficient (Wildman–Crippen LogP) is 4.78. The standard InChI is InChI=1S/C30H46O5/c1-17(15-19(31)25(34)27(4,5)35)24-18-9-10-22-28(6)13-12-23(33)26(2,3)21(28)11-14-29(22,7)30(18,8)16-20(24)32/h9-10,17,19,21-22,25,31,34-35H,11-16H2,1-8H3/t17-,19+,21+,22+,25+,28+,29+,30+/m1/s1. The second-order valence-corrected chi connectivity index (χ2v) is 14.1. The molecule has 0 aromatic carbocycles. The van der Waals surface area contributed by atoms with E-state index < -0.39 is 17.8 Å². The number of carbonyl (C=O) groups excluding carboxylic acids is 2. The van der Waals surface area contributed by atoms with Gasteiger partial charge in [0, 0.05) is 29.2 Å². The Morgan fingerprint density at radius 3 is 2.31 bits per heavy atom. The molecule has 4 aliphatic carbocycles. The van der Waals surface area contributed by atoms with Crippen molar-refractivity contribution in [3.63, 3.8) is 0 Å². The van der Waals surface area contributed by atoms with Crippen molar-refractivity contribution in [2.75, 3.05) is 0 Å². The zero-order valence-electron chi connectivity index (χ0n) is 22.9. The third kappa shape index (κ3) is 3.67. The molecule has 8 atom stereocenters. The normalized spacial score (nSPS) is 41.2. The number of hydrogen-bond acceptors (Lipinski definition) is 5. The van der Waals surface area contributed by atoms with Crippen LogP contribution in [0.2, 0.25) is 0 Å². The van der Waals surface area contributed by atoms with Crippen molar-refractivity contribution in [3.8, 4) is 0 Å². The van der Waals surface area contributed by atoms with Crippen LogP contribution >= 0.6 is 0 Å². The van der Waals surface area contributed by atoms with E-state index in [0.717, 1.165) is 30.4 Å². The molecule has 35 heavy (non-hydrogen) atoms. The quantitative estimate of drug-likeness (QED) is 0.520. The summed E-state index contributed by atoms with van der Waals surface area (Å²) in [7, 11) is 0. The van der Waals surface area contributed by atoms with Gasteiger partial charge in [0.2, 0.25) is 0 Å². The van der Waals surface area contributed by atoms with Crippen LogP contribution in [0.4, 0.5) is 0 Å². The van der Waals surface area contributed by atoms with E-state index in [1.807, 2.05) is 6.92 Å². The lowest BCUT2D eigenvalue weighted by Gasteiger charge is -2.66. The van der Waals surface area contributed by atoms with Crippen molar-refractivity contribution in [1.29, 1.82) is 0 Å². The predicted molar refractivity (Wildman–Crippen MR) is 136 cm³/mol. The fourth-order valence-corrected chi connectivity index (χ4v) is 8.89. The number of rotatable bonds is 5. The molecule has 0 aromatic heterocycles. The van der Waals surface area contributed by atoms with Crippen molar-refractivity contribution in [2.24, 2.45) is 39.4 Å². The van der Waals surface area contributed by atoms with Crippen LogP contribution in [0.15, 0.2) is 23.3 Å². The summed E-state index contributed by atoms with van der Waals surface area (Å²) in [5.74, 6) is 0.920. The molecule has 5 nitrogen and oxygen atoms in total. The summed E-state index contributed by atoms with van der Waals surface area (Å²) in [5, 5.41) is 31.1. The zero-order chi connectivity index (χ0) is 26.4. The highest BCUT2D eigenvalue weighted by Gasteiger charge is 2.66. The molecule has 0 spiro atoms. The molecule has 0 radical (unpaired) electrons. The third-order valence-corrected chi connectivity index (χ3v) is 11.2. The second kappa shape index (κ2) is 8.10. The minimum atomic E-state index is -1.42. The number of aliphatic hydroxyl groups is 3. The van der Waals surface area contributed by atoms with Crippen LogP contribution in [0, 0.1) is 39.4 Å². The Balaban J connectivity index is 1.72. The van der Waals surface area contributed by atoms with Gasteiger partial charge in [0.15, 0.2) is 5.78 Å². The molecule has 3 N–H and O–H groups in total. The summed E-state index contributed by atoms with van der Waals surface area (Å²) in [4.78, 5) is 26.4. The first kappa shape index (κ1) is 26.8. The first-order valence-corrected chi connectivity index (χ1v) is 13.5. The summed E-state index contributed by atoms with van der Waals surface area (Å²) in [6.45, 7) is 16.2. The molecule has 196 valence electrons. The molecule has 4 rings (SSSR count). The van der Waals surface area contributed by atoms with E-state index in [2.05, 4.69) is 46.8 Å². The van der Waals surface area contributed by atoms with Crippen LogP contribution in [0.25, 0.3) is 0 Å². The molecule has 0 amide bonds. The highest BCUT2D eigenvalue weighted by Crippen LogP contribution is 2.72. The molecule has 2 fully saturated rings. The monoisotopic (exact) mass is 486 g/mol. The molecule has 0 aliphatic heterocycles. The Labute approximate surface area is 211 Å². The van der Waals surface area contributed by atoms with E-state index in [1.54, 1.807) is 0 Å². The maximum Gasteiger partial charge on any atom is 0.160 e. The Hall–Kier alpha value is -1.30. The van der Waals surface area contributed by atoms with Gasteiger partial charge in [-0.15, -0.1) is 0 Å². The Morgan fingerprint density at radius 2 is 1.71 bits per heavy atom. The van der Waals surface area contributed by atoms with Gasteiger partial charge in [0.25, 0.3) is 0 Å². The second-order valence-electron chi connectivity index (χ2n) is 14.1. The molecular formula is C30H46O5. The average Bonchev–Trinajstić information content (AvgIpc) is 3.00. The fourth-order valence-electron chi connectivity index (χ4n) is 8.89. The molecule has 5 heteroatoms. The van der Waals surface area contributed by atoms with Crippen molar-refractivity contribution in [1.82, 2.24) is 0 Å².